The molecule has 0 spiro atoms. The third kappa shape index (κ3) is 2.39. The fraction of sp³-hybridized carbons (Fsp3) is 0.0667. The van der Waals surface area contributed by atoms with E-state index in [1.54, 1.807) is 16.8 Å². The van der Waals surface area contributed by atoms with E-state index in [1.165, 1.54) is 11.8 Å². The van der Waals surface area contributed by atoms with E-state index in [9.17, 15) is 4.79 Å². The van der Waals surface area contributed by atoms with E-state index in [4.69, 9.17) is 0 Å². The molecule has 19 heavy (non-hydrogen) atoms. The van der Waals surface area contributed by atoms with Gasteiger partial charge in [-0.05, 0) is 36.8 Å². The van der Waals surface area contributed by atoms with Gasteiger partial charge in [-0.25, -0.2) is 4.98 Å². The Morgan fingerprint density at radius 2 is 1.95 bits per heavy atom. The van der Waals surface area contributed by atoms with Crippen molar-refractivity contribution in [2.24, 2.45) is 0 Å². The quantitative estimate of drug-likeness (QED) is 0.716. The van der Waals surface area contributed by atoms with Gasteiger partial charge < -0.3 is 0 Å². The van der Waals surface area contributed by atoms with Gasteiger partial charge in [-0.3, -0.25) is 9.20 Å². The van der Waals surface area contributed by atoms with E-state index >= 15 is 0 Å². The van der Waals surface area contributed by atoms with Gasteiger partial charge >= 0.3 is 0 Å². The molecule has 0 amide bonds. The Balaban J connectivity index is 2.08. The highest BCUT2D eigenvalue weighted by Gasteiger charge is 2.06. The molecule has 94 valence electrons. The van der Waals surface area contributed by atoms with Gasteiger partial charge in [0.2, 0.25) is 0 Å². The highest BCUT2D eigenvalue weighted by molar-refractivity contribution is 7.99. The van der Waals surface area contributed by atoms with E-state index in [0.717, 1.165) is 10.5 Å². The molecule has 3 aromatic rings. The van der Waals surface area contributed by atoms with Crippen molar-refractivity contribution in [2.75, 3.05) is 0 Å². The molecule has 3 rings (SSSR count). The standard InChI is InChI=1S/C15H12N2OS/c1-11-7-8-17-14(9-11)16-10-13(15(17)18)19-12-5-3-2-4-6-12/h2-10H,1H3. The maximum Gasteiger partial charge on any atom is 0.271 e. The van der Waals surface area contributed by atoms with E-state index in [0.29, 0.717) is 10.5 Å². The topological polar surface area (TPSA) is 34.4 Å². The number of aryl methyl sites for hydroxylation is 1. The number of aromatic nitrogens is 2. The average molecular weight is 268 g/mol. The molecular weight excluding hydrogens is 256 g/mol. The van der Waals surface area contributed by atoms with Crippen molar-refractivity contribution >= 4 is 17.4 Å². The van der Waals surface area contributed by atoms with Crippen molar-refractivity contribution in [3.8, 4) is 0 Å². The van der Waals surface area contributed by atoms with Gasteiger partial charge in [-0.15, -0.1) is 0 Å². The molecule has 1 aromatic carbocycles. The van der Waals surface area contributed by atoms with Crippen LogP contribution in [-0.4, -0.2) is 9.38 Å². The van der Waals surface area contributed by atoms with E-state index < -0.39 is 0 Å². The van der Waals surface area contributed by atoms with Gasteiger partial charge in [0, 0.05) is 17.3 Å². The molecule has 4 heteroatoms. The second-order valence-corrected chi connectivity index (χ2v) is 5.39. The molecule has 0 unspecified atom stereocenters. The summed E-state index contributed by atoms with van der Waals surface area (Å²) < 4.78 is 1.58. The van der Waals surface area contributed by atoms with Crippen molar-refractivity contribution in [3.05, 3.63) is 70.8 Å². The summed E-state index contributed by atoms with van der Waals surface area (Å²) in [5.41, 5.74) is 1.75. The van der Waals surface area contributed by atoms with Gasteiger partial charge in [-0.1, -0.05) is 30.0 Å². The Morgan fingerprint density at radius 3 is 2.74 bits per heavy atom. The van der Waals surface area contributed by atoms with Gasteiger partial charge in [0.25, 0.3) is 5.56 Å². The lowest BCUT2D eigenvalue weighted by Crippen LogP contribution is -2.16. The predicted molar refractivity (Wildman–Crippen MR) is 76.8 cm³/mol. The lowest BCUT2D eigenvalue weighted by molar-refractivity contribution is 0.980. The molecule has 0 bridgehead atoms. The highest BCUT2D eigenvalue weighted by atomic mass is 32.2. The molecule has 0 N–H and O–H groups in total. The van der Waals surface area contributed by atoms with Crippen LogP contribution in [0.4, 0.5) is 0 Å². The summed E-state index contributed by atoms with van der Waals surface area (Å²) in [4.78, 5) is 18.4. The minimum Gasteiger partial charge on any atom is -0.268 e. The molecule has 0 aliphatic heterocycles. The van der Waals surface area contributed by atoms with Crippen LogP contribution in [0.5, 0.6) is 0 Å². The molecular formula is C15H12N2OS. The predicted octanol–water partition coefficient (Wildman–Crippen LogP) is 3.15. The minimum atomic E-state index is -0.0288. The normalized spacial score (nSPS) is 10.8. The minimum absolute atomic E-state index is 0.0288. The highest BCUT2D eigenvalue weighted by Crippen LogP contribution is 2.23. The van der Waals surface area contributed by atoms with Gasteiger partial charge in [0.05, 0.1) is 4.90 Å². The Morgan fingerprint density at radius 1 is 1.16 bits per heavy atom. The van der Waals surface area contributed by atoms with Gasteiger partial charge in [-0.2, -0.15) is 0 Å². The van der Waals surface area contributed by atoms with E-state index in [2.05, 4.69) is 4.98 Å². The summed E-state index contributed by atoms with van der Waals surface area (Å²) in [5, 5.41) is 0. The van der Waals surface area contributed by atoms with Crippen molar-refractivity contribution in [2.45, 2.75) is 16.7 Å². The van der Waals surface area contributed by atoms with Crippen LogP contribution in [0.3, 0.4) is 0 Å². The van der Waals surface area contributed by atoms with E-state index in [1.807, 2.05) is 49.4 Å². The molecule has 0 aliphatic carbocycles. The second kappa shape index (κ2) is 4.90. The van der Waals surface area contributed by atoms with Crippen LogP contribution in [0.1, 0.15) is 5.56 Å². The van der Waals surface area contributed by atoms with Crippen LogP contribution in [0.2, 0.25) is 0 Å². The van der Waals surface area contributed by atoms with Crippen molar-refractivity contribution < 1.29 is 0 Å². The number of fused-ring (bicyclic) bond motifs is 1. The van der Waals surface area contributed by atoms with Crippen LogP contribution in [0, 0.1) is 6.92 Å². The SMILES string of the molecule is Cc1ccn2c(=O)c(Sc3ccccc3)cnc2c1. The van der Waals surface area contributed by atoms with Gasteiger partial charge in [0.1, 0.15) is 5.65 Å². The summed E-state index contributed by atoms with van der Waals surface area (Å²) in [7, 11) is 0. The van der Waals surface area contributed by atoms with Crippen molar-refractivity contribution in [1.82, 2.24) is 9.38 Å². The van der Waals surface area contributed by atoms with Crippen LogP contribution >= 0.6 is 11.8 Å². The summed E-state index contributed by atoms with van der Waals surface area (Å²) >= 11 is 1.44. The zero-order valence-electron chi connectivity index (χ0n) is 10.4. The van der Waals surface area contributed by atoms with Crippen LogP contribution in [-0.2, 0) is 0 Å². The zero-order valence-corrected chi connectivity index (χ0v) is 11.2. The first-order valence-electron chi connectivity index (χ1n) is 5.95. The summed E-state index contributed by atoms with van der Waals surface area (Å²) in [6.07, 6.45) is 3.42. The molecule has 0 atom stereocenters. The Labute approximate surface area is 114 Å². The fourth-order valence-corrected chi connectivity index (χ4v) is 2.68. The smallest absolute Gasteiger partial charge is 0.268 e. The molecule has 0 saturated heterocycles. The molecule has 0 saturated carbocycles. The Bertz CT molecular complexity index is 781. The Hall–Kier alpha value is -2.07. The summed E-state index contributed by atoms with van der Waals surface area (Å²) in [5.74, 6) is 0. The number of benzene rings is 1. The largest absolute Gasteiger partial charge is 0.271 e. The number of hydrogen-bond acceptors (Lipinski definition) is 3. The molecule has 0 aliphatic rings. The van der Waals surface area contributed by atoms with Crippen LogP contribution in [0.15, 0.2) is 69.4 Å². The maximum absolute atomic E-state index is 12.3. The number of pyridine rings is 1. The molecule has 0 radical (unpaired) electrons. The number of rotatable bonds is 2. The van der Waals surface area contributed by atoms with E-state index in [-0.39, 0.29) is 5.56 Å². The average Bonchev–Trinajstić information content (AvgIpc) is 2.43. The first-order valence-corrected chi connectivity index (χ1v) is 6.76. The van der Waals surface area contributed by atoms with Crippen LogP contribution in [0.25, 0.3) is 5.65 Å². The molecule has 0 fully saturated rings. The maximum atomic E-state index is 12.3. The van der Waals surface area contributed by atoms with Gasteiger partial charge in [0.15, 0.2) is 0 Å². The van der Waals surface area contributed by atoms with Crippen molar-refractivity contribution in [3.63, 3.8) is 0 Å². The second-order valence-electron chi connectivity index (χ2n) is 4.28. The number of hydrogen-bond donors (Lipinski definition) is 0. The molecule has 2 heterocycles. The number of nitrogens with zero attached hydrogens (tertiary/aromatic N) is 2. The third-order valence-electron chi connectivity index (χ3n) is 2.80. The lowest BCUT2D eigenvalue weighted by Gasteiger charge is -2.04. The van der Waals surface area contributed by atoms with Crippen molar-refractivity contribution in [1.29, 1.82) is 0 Å². The Kier molecular flexibility index (Phi) is 3.09. The van der Waals surface area contributed by atoms with Crippen LogP contribution < -0.4 is 5.56 Å². The third-order valence-corrected chi connectivity index (χ3v) is 3.81. The zero-order chi connectivity index (χ0) is 13.2. The fourth-order valence-electron chi connectivity index (χ4n) is 1.85. The summed E-state index contributed by atoms with van der Waals surface area (Å²) in [6, 6.07) is 13.6. The molecule has 2 aromatic heterocycles. The lowest BCUT2D eigenvalue weighted by atomic mass is 10.3. The molecule has 3 nitrogen and oxygen atoms in total. The first kappa shape index (κ1) is 12.0. The first-order chi connectivity index (χ1) is 9.24. The summed E-state index contributed by atoms with van der Waals surface area (Å²) in [6.45, 7) is 1.98. The monoisotopic (exact) mass is 268 g/mol.